The number of hydrogen-bond donors (Lipinski definition) is 2. The highest BCUT2D eigenvalue weighted by molar-refractivity contribution is 7.92. The number of para-hydroxylation sites is 1. The van der Waals surface area contributed by atoms with Crippen LogP contribution in [0.15, 0.2) is 70.2 Å². The third-order valence-electron chi connectivity index (χ3n) is 4.10. The van der Waals surface area contributed by atoms with Crippen LogP contribution < -0.4 is 14.8 Å². The van der Waals surface area contributed by atoms with Crippen LogP contribution in [0.5, 0.6) is 5.75 Å². The molecular formula is C20H20N2O5S. The number of aryl methyl sites for hydroxylation is 1. The van der Waals surface area contributed by atoms with Gasteiger partial charge in [0.05, 0.1) is 36.1 Å². The summed E-state index contributed by atoms with van der Waals surface area (Å²) < 4.78 is 38.4. The fourth-order valence-electron chi connectivity index (χ4n) is 2.67. The first-order valence-corrected chi connectivity index (χ1v) is 9.96. The van der Waals surface area contributed by atoms with Crippen LogP contribution in [0.1, 0.15) is 21.7 Å². The van der Waals surface area contributed by atoms with Crippen LogP contribution in [0.2, 0.25) is 0 Å². The molecule has 3 rings (SSSR count). The average molecular weight is 400 g/mol. The van der Waals surface area contributed by atoms with Gasteiger partial charge in [-0.2, -0.15) is 0 Å². The molecule has 0 aliphatic carbocycles. The molecule has 0 saturated carbocycles. The molecule has 0 bridgehead atoms. The predicted molar refractivity (Wildman–Crippen MR) is 105 cm³/mol. The second-order valence-corrected chi connectivity index (χ2v) is 7.73. The van der Waals surface area contributed by atoms with Gasteiger partial charge in [0.1, 0.15) is 11.5 Å². The van der Waals surface area contributed by atoms with Crippen molar-refractivity contribution < 1.29 is 22.4 Å². The van der Waals surface area contributed by atoms with Crippen molar-refractivity contribution in [2.24, 2.45) is 0 Å². The largest absolute Gasteiger partial charge is 0.496 e. The molecule has 3 aromatic rings. The molecule has 1 amide bonds. The Bertz CT molecular complexity index is 1080. The molecule has 0 aliphatic rings. The molecule has 0 radical (unpaired) electrons. The third-order valence-corrected chi connectivity index (χ3v) is 5.46. The van der Waals surface area contributed by atoms with E-state index >= 15 is 0 Å². The van der Waals surface area contributed by atoms with Gasteiger partial charge in [0.25, 0.3) is 15.9 Å². The summed E-state index contributed by atoms with van der Waals surface area (Å²) in [7, 11) is -2.36. The first-order chi connectivity index (χ1) is 13.4. The highest BCUT2D eigenvalue weighted by Gasteiger charge is 2.19. The summed E-state index contributed by atoms with van der Waals surface area (Å²) in [4.78, 5) is 12.6. The number of carbonyl (C=O) groups excluding carboxylic acids is 1. The first-order valence-electron chi connectivity index (χ1n) is 8.48. The van der Waals surface area contributed by atoms with Gasteiger partial charge in [-0.1, -0.05) is 12.1 Å². The van der Waals surface area contributed by atoms with E-state index < -0.39 is 15.9 Å². The summed E-state index contributed by atoms with van der Waals surface area (Å²) in [6, 6.07) is 14.4. The van der Waals surface area contributed by atoms with Crippen LogP contribution in [0, 0.1) is 6.92 Å². The standard InChI is InChI=1S/C20H20N2O5S/c1-14-12-16(9-10-19(14)26-2)28(24,25)22-18-8-4-3-7-17(18)20(23)21-13-15-6-5-11-27-15/h3-12,22H,13H2,1-2H3,(H,21,23). The van der Waals surface area contributed by atoms with Crippen LogP contribution in [-0.4, -0.2) is 21.4 Å². The van der Waals surface area contributed by atoms with Crippen molar-refractivity contribution in [2.75, 3.05) is 11.8 Å². The summed E-state index contributed by atoms with van der Waals surface area (Å²) in [5, 5.41) is 2.71. The monoisotopic (exact) mass is 400 g/mol. The van der Waals surface area contributed by atoms with Crippen LogP contribution in [0.4, 0.5) is 5.69 Å². The number of benzene rings is 2. The molecule has 0 saturated heterocycles. The van der Waals surface area contributed by atoms with E-state index in [1.807, 2.05) is 0 Å². The van der Waals surface area contributed by atoms with E-state index in [-0.39, 0.29) is 22.7 Å². The number of ether oxygens (including phenoxy) is 1. The van der Waals surface area contributed by atoms with Crippen molar-refractivity contribution in [1.82, 2.24) is 5.32 Å². The Labute approximate surface area is 163 Å². The van der Waals surface area contributed by atoms with Crippen LogP contribution in [0.3, 0.4) is 0 Å². The maximum absolute atomic E-state index is 12.8. The molecule has 0 unspecified atom stereocenters. The highest BCUT2D eigenvalue weighted by Crippen LogP contribution is 2.24. The fourth-order valence-corrected chi connectivity index (χ4v) is 3.83. The molecule has 0 fully saturated rings. The molecular weight excluding hydrogens is 380 g/mol. The van der Waals surface area contributed by atoms with E-state index in [0.717, 1.165) is 0 Å². The summed E-state index contributed by atoms with van der Waals surface area (Å²) in [6.07, 6.45) is 1.51. The minimum atomic E-state index is -3.88. The van der Waals surface area contributed by atoms with Crippen molar-refractivity contribution in [1.29, 1.82) is 0 Å². The van der Waals surface area contributed by atoms with E-state index in [1.165, 1.54) is 31.6 Å². The number of carbonyl (C=O) groups is 1. The minimum Gasteiger partial charge on any atom is -0.496 e. The number of anilines is 1. The van der Waals surface area contributed by atoms with E-state index in [0.29, 0.717) is 17.1 Å². The SMILES string of the molecule is COc1ccc(S(=O)(=O)Nc2ccccc2C(=O)NCc2ccco2)cc1C. The predicted octanol–water partition coefficient (Wildman–Crippen LogP) is 3.33. The first kappa shape index (κ1) is 19.5. The molecule has 1 heterocycles. The Morgan fingerprint density at radius 1 is 1.11 bits per heavy atom. The van der Waals surface area contributed by atoms with Crippen molar-refractivity contribution in [3.63, 3.8) is 0 Å². The molecule has 2 N–H and O–H groups in total. The van der Waals surface area contributed by atoms with Gasteiger partial charge in [-0.3, -0.25) is 9.52 Å². The van der Waals surface area contributed by atoms with E-state index in [9.17, 15) is 13.2 Å². The molecule has 8 heteroatoms. The molecule has 2 aromatic carbocycles. The Balaban J connectivity index is 1.82. The summed E-state index contributed by atoms with van der Waals surface area (Å²) in [6.45, 7) is 1.96. The zero-order chi connectivity index (χ0) is 20.1. The number of sulfonamides is 1. The lowest BCUT2D eigenvalue weighted by Crippen LogP contribution is -2.24. The topological polar surface area (TPSA) is 97.6 Å². The van der Waals surface area contributed by atoms with Gasteiger partial charge in [-0.05, 0) is 55.0 Å². The van der Waals surface area contributed by atoms with Gasteiger partial charge in [-0.25, -0.2) is 8.42 Å². The lowest BCUT2D eigenvalue weighted by molar-refractivity contribution is 0.0949. The summed E-state index contributed by atoms with van der Waals surface area (Å²) >= 11 is 0. The lowest BCUT2D eigenvalue weighted by atomic mass is 10.1. The van der Waals surface area contributed by atoms with E-state index in [1.54, 1.807) is 43.3 Å². The fraction of sp³-hybridized carbons (Fsp3) is 0.150. The van der Waals surface area contributed by atoms with Crippen molar-refractivity contribution in [2.45, 2.75) is 18.4 Å². The molecule has 146 valence electrons. The molecule has 0 atom stereocenters. The van der Waals surface area contributed by atoms with Crippen molar-refractivity contribution in [3.8, 4) is 5.75 Å². The number of furan rings is 1. The second kappa shape index (κ2) is 8.18. The van der Waals surface area contributed by atoms with Gasteiger partial charge in [-0.15, -0.1) is 0 Å². The van der Waals surface area contributed by atoms with Gasteiger partial charge in [0, 0.05) is 0 Å². The molecule has 0 aliphatic heterocycles. The smallest absolute Gasteiger partial charge is 0.261 e. The van der Waals surface area contributed by atoms with Gasteiger partial charge in [0.15, 0.2) is 0 Å². The Morgan fingerprint density at radius 3 is 2.57 bits per heavy atom. The Morgan fingerprint density at radius 2 is 1.89 bits per heavy atom. The molecule has 1 aromatic heterocycles. The van der Waals surface area contributed by atoms with Crippen LogP contribution >= 0.6 is 0 Å². The van der Waals surface area contributed by atoms with E-state index in [2.05, 4.69) is 10.0 Å². The van der Waals surface area contributed by atoms with Crippen molar-refractivity contribution >= 4 is 21.6 Å². The van der Waals surface area contributed by atoms with Gasteiger partial charge < -0.3 is 14.5 Å². The number of rotatable bonds is 7. The molecule has 28 heavy (non-hydrogen) atoms. The second-order valence-electron chi connectivity index (χ2n) is 6.04. The number of nitrogens with one attached hydrogen (secondary N) is 2. The number of hydrogen-bond acceptors (Lipinski definition) is 5. The molecule has 0 spiro atoms. The molecule has 7 nitrogen and oxygen atoms in total. The average Bonchev–Trinajstić information content (AvgIpc) is 3.20. The van der Waals surface area contributed by atoms with Crippen LogP contribution in [0.25, 0.3) is 0 Å². The normalized spacial score (nSPS) is 11.1. The number of methoxy groups -OCH3 is 1. The Hall–Kier alpha value is -3.26. The van der Waals surface area contributed by atoms with Crippen LogP contribution in [-0.2, 0) is 16.6 Å². The lowest BCUT2D eigenvalue weighted by Gasteiger charge is -2.13. The maximum Gasteiger partial charge on any atom is 0.261 e. The third kappa shape index (κ3) is 4.34. The number of amides is 1. The zero-order valence-electron chi connectivity index (χ0n) is 15.4. The minimum absolute atomic E-state index is 0.0802. The van der Waals surface area contributed by atoms with Crippen molar-refractivity contribution in [3.05, 3.63) is 77.7 Å². The van der Waals surface area contributed by atoms with Gasteiger partial charge >= 0.3 is 0 Å². The maximum atomic E-state index is 12.8. The zero-order valence-corrected chi connectivity index (χ0v) is 16.2. The summed E-state index contributed by atoms with van der Waals surface area (Å²) in [5.74, 6) is 0.775. The van der Waals surface area contributed by atoms with E-state index in [4.69, 9.17) is 9.15 Å². The Kier molecular flexibility index (Phi) is 5.70. The summed E-state index contributed by atoms with van der Waals surface area (Å²) in [5.41, 5.74) is 1.09. The quantitative estimate of drug-likeness (QED) is 0.634. The van der Waals surface area contributed by atoms with Gasteiger partial charge in [0.2, 0.25) is 0 Å². The highest BCUT2D eigenvalue weighted by atomic mass is 32.2.